The van der Waals surface area contributed by atoms with E-state index in [9.17, 15) is 4.79 Å². The Hall–Kier alpha value is -2.10. The van der Waals surface area contributed by atoms with Gasteiger partial charge < -0.3 is 9.73 Å². The van der Waals surface area contributed by atoms with Crippen LogP contribution in [-0.4, -0.2) is 17.4 Å². The minimum absolute atomic E-state index is 0.0813. The molecule has 0 spiro atoms. The van der Waals surface area contributed by atoms with E-state index in [4.69, 9.17) is 4.42 Å². The van der Waals surface area contributed by atoms with Crippen LogP contribution < -0.4 is 5.32 Å². The lowest BCUT2D eigenvalue weighted by Crippen LogP contribution is -2.25. The van der Waals surface area contributed by atoms with E-state index in [0.29, 0.717) is 24.7 Å². The molecule has 1 aliphatic rings. The molecule has 4 nitrogen and oxygen atoms in total. The number of carbonyl (C=O) groups excluding carboxylic acids is 1. The summed E-state index contributed by atoms with van der Waals surface area (Å²) in [4.78, 5) is 16.0. The third-order valence-corrected chi connectivity index (χ3v) is 4.20. The van der Waals surface area contributed by atoms with Gasteiger partial charge in [0.25, 0.3) is 0 Å². The first-order valence-corrected chi connectivity index (χ1v) is 7.91. The zero-order valence-electron chi connectivity index (χ0n) is 13.2. The van der Waals surface area contributed by atoms with Crippen molar-refractivity contribution in [3.63, 3.8) is 0 Å². The maximum absolute atomic E-state index is 11.7. The molecule has 1 aromatic carbocycles. The van der Waals surface area contributed by atoms with Gasteiger partial charge >= 0.3 is 0 Å². The Bertz CT molecular complexity index is 671. The first kappa shape index (κ1) is 14.8. The van der Waals surface area contributed by atoms with Crippen molar-refractivity contribution in [2.24, 2.45) is 5.92 Å². The number of hydrogen-bond donors (Lipinski definition) is 1. The van der Waals surface area contributed by atoms with E-state index in [1.165, 1.54) is 24.0 Å². The first-order chi connectivity index (χ1) is 10.6. The normalized spacial score (nSPS) is 14.1. The molecule has 1 heterocycles. The Labute approximate surface area is 130 Å². The van der Waals surface area contributed by atoms with Gasteiger partial charge in [0.15, 0.2) is 11.7 Å². The quantitative estimate of drug-likeness (QED) is 0.889. The number of nitrogens with one attached hydrogen (secondary N) is 1. The molecule has 1 amide bonds. The number of amides is 1. The van der Waals surface area contributed by atoms with Gasteiger partial charge in [0.05, 0.1) is 6.20 Å². The van der Waals surface area contributed by atoms with Crippen molar-refractivity contribution in [2.45, 2.75) is 39.5 Å². The smallest absolute Gasteiger partial charge is 0.220 e. The number of rotatable bonds is 6. The van der Waals surface area contributed by atoms with Crippen molar-refractivity contribution in [1.82, 2.24) is 10.3 Å². The highest BCUT2D eigenvalue weighted by Gasteiger charge is 2.21. The highest BCUT2D eigenvalue weighted by Crippen LogP contribution is 2.27. The molecule has 2 aromatic rings. The molecule has 1 aromatic heterocycles. The van der Waals surface area contributed by atoms with E-state index in [2.05, 4.69) is 36.3 Å². The topological polar surface area (TPSA) is 55.1 Å². The summed E-state index contributed by atoms with van der Waals surface area (Å²) in [6, 6.07) is 6.22. The largest absolute Gasteiger partial charge is 0.441 e. The van der Waals surface area contributed by atoms with E-state index in [1.54, 1.807) is 6.20 Å². The van der Waals surface area contributed by atoms with Crippen molar-refractivity contribution in [3.8, 4) is 11.3 Å². The summed E-state index contributed by atoms with van der Waals surface area (Å²) >= 11 is 0. The summed E-state index contributed by atoms with van der Waals surface area (Å²) in [5.41, 5.74) is 3.52. The van der Waals surface area contributed by atoms with E-state index >= 15 is 0 Å². The molecule has 22 heavy (non-hydrogen) atoms. The van der Waals surface area contributed by atoms with Crippen LogP contribution in [0.25, 0.3) is 11.3 Å². The number of aromatic nitrogens is 1. The number of aryl methyl sites for hydroxylation is 3. The number of hydrogen-bond acceptors (Lipinski definition) is 3. The molecule has 3 rings (SSSR count). The molecule has 0 atom stereocenters. The SMILES string of the molecule is Cc1ccc(-c2cnc(CCC(=O)NCC3CC3)o2)cc1C. The van der Waals surface area contributed by atoms with Crippen LogP contribution in [0.4, 0.5) is 0 Å². The van der Waals surface area contributed by atoms with Crippen LogP contribution in [0.1, 0.15) is 36.3 Å². The second kappa shape index (κ2) is 6.34. The lowest BCUT2D eigenvalue weighted by molar-refractivity contribution is -0.121. The van der Waals surface area contributed by atoms with E-state index in [-0.39, 0.29) is 5.91 Å². The molecule has 0 bridgehead atoms. The minimum atomic E-state index is 0.0813. The number of benzene rings is 1. The second-order valence-corrected chi connectivity index (χ2v) is 6.16. The average molecular weight is 298 g/mol. The van der Waals surface area contributed by atoms with Crippen LogP contribution in [-0.2, 0) is 11.2 Å². The fraction of sp³-hybridized carbons (Fsp3) is 0.444. The Morgan fingerprint density at radius 2 is 2.14 bits per heavy atom. The molecular weight excluding hydrogens is 276 g/mol. The summed E-state index contributed by atoms with van der Waals surface area (Å²) in [5.74, 6) is 2.17. The third kappa shape index (κ3) is 3.75. The number of oxazole rings is 1. The Kier molecular flexibility index (Phi) is 4.27. The van der Waals surface area contributed by atoms with Crippen LogP contribution in [0, 0.1) is 19.8 Å². The maximum atomic E-state index is 11.7. The highest BCUT2D eigenvalue weighted by molar-refractivity contribution is 5.76. The lowest BCUT2D eigenvalue weighted by Gasteiger charge is -2.03. The van der Waals surface area contributed by atoms with Crippen molar-refractivity contribution in [1.29, 1.82) is 0 Å². The maximum Gasteiger partial charge on any atom is 0.220 e. The van der Waals surface area contributed by atoms with Gasteiger partial charge in [-0.3, -0.25) is 4.79 Å². The fourth-order valence-electron chi connectivity index (χ4n) is 2.34. The molecule has 0 aliphatic heterocycles. The molecule has 0 radical (unpaired) electrons. The standard InChI is InChI=1S/C18H22N2O2/c1-12-3-6-15(9-13(12)2)16-11-20-18(22-16)8-7-17(21)19-10-14-4-5-14/h3,6,9,11,14H,4-5,7-8,10H2,1-2H3,(H,19,21). The minimum Gasteiger partial charge on any atom is -0.441 e. The zero-order valence-corrected chi connectivity index (χ0v) is 13.2. The Balaban J connectivity index is 1.56. The molecule has 0 unspecified atom stereocenters. The number of nitrogens with zero attached hydrogens (tertiary/aromatic N) is 1. The van der Waals surface area contributed by atoms with Crippen molar-refractivity contribution < 1.29 is 9.21 Å². The second-order valence-electron chi connectivity index (χ2n) is 6.16. The molecule has 1 saturated carbocycles. The monoisotopic (exact) mass is 298 g/mol. The highest BCUT2D eigenvalue weighted by atomic mass is 16.4. The van der Waals surface area contributed by atoms with Crippen molar-refractivity contribution >= 4 is 5.91 Å². The van der Waals surface area contributed by atoms with Gasteiger partial charge in [-0.25, -0.2) is 4.98 Å². The van der Waals surface area contributed by atoms with Crippen molar-refractivity contribution in [3.05, 3.63) is 41.4 Å². The van der Waals surface area contributed by atoms with E-state index in [0.717, 1.165) is 17.9 Å². The third-order valence-electron chi connectivity index (χ3n) is 4.20. The van der Waals surface area contributed by atoms with Gasteiger partial charge in [-0.15, -0.1) is 0 Å². The summed E-state index contributed by atoms with van der Waals surface area (Å²) in [7, 11) is 0. The van der Waals surface area contributed by atoms with Gasteiger partial charge in [-0.2, -0.15) is 0 Å². The van der Waals surface area contributed by atoms with Crippen LogP contribution in [0.15, 0.2) is 28.8 Å². The molecule has 1 fully saturated rings. The van der Waals surface area contributed by atoms with E-state index < -0.39 is 0 Å². The summed E-state index contributed by atoms with van der Waals surface area (Å²) in [6.07, 6.45) is 5.21. The van der Waals surface area contributed by atoms with Gasteiger partial charge in [0, 0.05) is 24.9 Å². The molecule has 116 valence electrons. The average Bonchev–Trinajstić information content (AvgIpc) is 3.22. The summed E-state index contributed by atoms with van der Waals surface area (Å²) < 4.78 is 5.76. The van der Waals surface area contributed by atoms with Crippen molar-refractivity contribution in [2.75, 3.05) is 6.54 Å². The van der Waals surface area contributed by atoms with Gasteiger partial charge in [-0.1, -0.05) is 12.1 Å². The molecule has 1 N–H and O–H groups in total. The van der Waals surface area contributed by atoms with Crippen LogP contribution in [0.3, 0.4) is 0 Å². The molecular formula is C18H22N2O2. The van der Waals surface area contributed by atoms with Gasteiger partial charge in [-0.05, 0) is 49.8 Å². The summed E-state index contributed by atoms with van der Waals surface area (Å²) in [6.45, 7) is 4.99. The number of carbonyl (C=O) groups is 1. The molecule has 0 saturated heterocycles. The Morgan fingerprint density at radius 3 is 2.86 bits per heavy atom. The van der Waals surface area contributed by atoms with E-state index in [1.807, 2.05) is 6.07 Å². The van der Waals surface area contributed by atoms with Crippen LogP contribution in [0.2, 0.25) is 0 Å². The summed E-state index contributed by atoms with van der Waals surface area (Å²) in [5, 5.41) is 2.96. The van der Waals surface area contributed by atoms with Gasteiger partial charge in [0.2, 0.25) is 5.91 Å². The predicted molar refractivity (Wildman–Crippen MR) is 85.5 cm³/mol. The molecule has 1 aliphatic carbocycles. The van der Waals surface area contributed by atoms with Crippen LogP contribution >= 0.6 is 0 Å². The fourth-order valence-corrected chi connectivity index (χ4v) is 2.34. The van der Waals surface area contributed by atoms with Crippen LogP contribution in [0.5, 0.6) is 0 Å². The molecule has 4 heteroatoms. The zero-order chi connectivity index (χ0) is 15.5. The Morgan fingerprint density at radius 1 is 1.32 bits per heavy atom. The first-order valence-electron chi connectivity index (χ1n) is 7.91. The predicted octanol–water partition coefficient (Wildman–Crippen LogP) is 3.42. The lowest BCUT2D eigenvalue weighted by atomic mass is 10.1. The van der Waals surface area contributed by atoms with Gasteiger partial charge in [0.1, 0.15) is 0 Å².